The number of rotatable bonds is 10. The van der Waals surface area contributed by atoms with Crippen LogP contribution >= 0.6 is 0 Å². The summed E-state index contributed by atoms with van der Waals surface area (Å²) in [6.07, 6.45) is -0.369. The zero-order chi connectivity index (χ0) is 26.4. The molecule has 0 radical (unpaired) electrons. The fraction of sp³-hybridized carbons (Fsp3) is 0.462. The lowest BCUT2D eigenvalue weighted by Crippen LogP contribution is -2.35. The highest BCUT2D eigenvalue weighted by molar-refractivity contribution is 7.87. The van der Waals surface area contributed by atoms with Crippen LogP contribution < -0.4 is 9.92 Å². The van der Waals surface area contributed by atoms with E-state index in [9.17, 15) is 18.0 Å². The van der Waals surface area contributed by atoms with Gasteiger partial charge in [-0.25, -0.2) is 0 Å². The van der Waals surface area contributed by atoms with Crippen molar-refractivity contribution in [3.63, 3.8) is 0 Å². The Kier molecular flexibility index (Phi) is 9.45. The highest BCUT2D eigenvalue weighted by Crippen LogP contribution is 2.32. The summed E-state index contributed by atoms with van der Waals surface area (Å²) in [6, 6.07) is 12.4. The van der Waals surface area contributed by atoms with Crippen molar-refractivity contribution in [2.24, 2.45) is 11.7 Å². The van der Waals surface area contributed by atoms with Crippen LogP contribution in [0.3, 0.4) is 0 Å². The van der Waals surface area contributed by atoms with Crippen LogP contribution in [0.1, 0.15) is 58.1 Å². The molecule has 0 heterocycles. The Balaban J connectivity index is 2.32. The molecule has 0 saturated carbocycles. The molecule has 8 nitrogen and oxygen atoms in total. The number of carbonyl (C=O) groups excluding carboxylic acids is 2. The first-order chi connectivity index (χ1) is 16.2. The topological polar surface area (TPSA) is 122 Å². The fourth-order valence-electron chi connectivity index (χ4n) is 3.44. The van der Waals surface area contributed by atoms with E-state index < -0.39 is 39.5 Å². The van der Waals surface area contributed by atoms with Gasteiger partial charge in [0.25, 0.3) is 0 Å². The van der Waals surface area contributed by atoms with Crippen LogP contribution in [0.5, 0.6) is 5.75 Å². The van der Waals surface area contributed by atoms with E-state index in [4.69, 9.17) is 19.4 Å². The summed E-state index contributed by atoms with van der Waals surface area (Å²) in [5.41, 5.74) is 6.65. The number of benzene rings is 2. The first-order valence-corrected chi connectivity index (χ1v) is 12.9. The van der Waals surface area contributed by atoms with Crippen molar-refractivity contribution in [1.82, 2.24) is 0 Å². The van der Waals surface area contributed by atoms with Gasteiger partial charge in [0, 0.05) is 0 Å². The smallest absolute Gasteiger partial charge is 0.339 e. The van der Waals surface area contributed by atoms with E-state index >= 15 is 0 Å². The Morgan fingerprint density at radius 3 is 2.03 bits per heavy atom. The molecular formula is C26H35NO7S. The van der Waals surface area contributed by atoms with Crippen LogP contribution in [-0.2, 0) is 29.2 Å². The van der Waals surface area contributed by atoms with Gasteiger partial charge in [0.2, 0.25) is 0 Å². The summed E-state index contributed by atoms with van der Waals surface area (Å²) in [7, 11) is -4.02. The molecule has 0 amide bonds. The summed E-state index contributed by atoms with van der Waals surface area (Å²) in [6.45, 7) is 10.6. The quantitative estimate of drug-likeness (QED) is 0.378. The molecule has 35 heavy (non-hydrogen) atoms. The Morgan fingerprint density at radius 2 is 1.54 bits per heavy atom. The number of ether oxygens (including phenoxy) is 2. The van der Waals surface area contributed by atoms with Gasteiger partial charge in [0.05, 0.1) is 18.4 Å². The Morgan fingerprint density at radius 1 is 0.971 bits per heavy atom. The van der Waals surface area contributed by atoms with Gasteiger partial charge in [-0.1, -0.05) is 29.8 Å². The molecule has 2 aromatic rings. The van der Waals surface area contributed by atoms with Gasteiger partial charge in [-0.2, -0.15) is 8.42 Å². The van der Waals surface area contributed by atoms with Gasteiger partial charge in [-0.3, -0.25) is 9.59 Å². The molecule has 9 heteroatoms. The second kappa shape index (κ2) is 11.7. The SMILES string of the molecule is Cc1ccc(S(=O)(=O)Oc2ccc(C(C(=O)OC(C)(C)C)C(CN)CC(=O)OC(C)C)cc2)cc1. The molecule has 2 rings (SSSR count). The molecule has 2 N–H and O–H groups in total. The average Bonchev–Trinajstić information content (AvgIpc) is 2.72. The van der Waals surface area contributed by atoms with E-state index in [1.807, 2.05) is 6.92 Å². The van der Waals surface area contributed by atoms with Crippen LogP contribution in [-0.4, -0.2) is 38.6 Å². The highest BCUT2D eigenvalue weighted by Gasteiger charge is 2.35. The Labute approximate surface area is 207 Å². The van der Waals surface area contributed by atoms with Gasteiger partial charge in [-0.05, 0) is 83.8 Å². The second-order valence-electron chi connectivity index (χ2n) is 9.67. The monoisotopic (exact) mass is 505 g/mol. The predicted octanol–water partition coefficient (Wildman–Crippen LogP) is 4.10. The zero-order valence-corrected chi connectivity index (χ0v) is 21.9. The van der Waals surface area contributed by atoms with Crippen LogP contribution in [0, 0.1) is 12.8 Å². The standard InChI is InChI=1S/C26H35NO7S/c1-17(2)32-23(28)15-20(16-27)24(25(29)33-26(4,5)6)19-9-11-21(12-10-19)34-35(30,31)22-13-7-18(3)8-14-22/h7-14,17,20,24H,15-16,27H2,1-6H3. The summed E-state index contributed by atoms with van der Waals surface area (Å²) in [5, 5.41) is 0. The first kappa shape index (κ1) is 28.3. The zero-order valence-electron chi connectivity index (χ0n) is 21.1. The predicted molar refractivity (Wildman–Crippen MR) is 132 cm³/mol. The van der Waals surface area contributed by atoms with Crippen molar-refractivity contribution in [2.75, 3.05) is 6.54 Å². The third-order valence-electron chi connectivity index (χ3n) is 4.99. The number of hydrogen-bond acceptors (Lipinski definition) is 8. The molecule has 0 aliphatic heterocycles. The molecule has 0 fully saturated rings. The van der Waals surface area contributed by atoms with E-state index in [1.165, 1.54) is 24.3 Å². The summed E-state index contributed by atoms with van der Waals surface area (Å²) in [4.78, 5) is 25.5. The normalized spacial score (nSPS) is 13.7. The minimum Gasteiger partial charge on any atom is -0.463 e. The molecular weight excluding hydrogens is 470 g/mol. The van der Waals surface area contributed by atoms with Gasteiger partial charge in [-0.15, -0.1) is 0 Å². The van der Waals surface area contributed by atoms with Crippen LogP contribution in [0.25, 0.3) is 0 Å². The van der Waals surface area contributed by atoms with E-state index in [0.717, 1.165) is 5.56 Å². The van der Waals surface area contributed by atoms with Crippen LogP contribution in [0.4, 0.5) is 0 Å². The van der Waals surface area contributed by atoms with Crippen molar-refractivity contribution in [3.8, 4) is 5.75 Å². The van der Waals surface area contributed by atoms with Gasteiger partial charge >= 0.3 is 22.1 Å². The van der Waals surface area contributed by atoms with Crippen molar-refractivity contribution in [1.29, 1.82) is 0 Å². The molecule has 2 aromatic carbocycles. The van der Waals surface area contributed by atoms with Crippen LogP contribution in [0.15, 0.2) is 53.4 Å². The second-order valence-corrected chi connectivity index (χ2v) is 11.2. The van der Waals surface area contributed by atoms with Gasteiger partial charge in [0.1, 0.15) is 16.2 Å². The van der Waals surface area contributed by atoms with E-state index in [-0.39, 0.29) is 29.7 Å². The molecule has 0 aromatic heterocycles. The maximum atomic E-state index is 13.1. The number of carbonyl (C=O) groups is 2. The Hall–Kier alpha value is -2.91. The molecule has 0 spiro atoms. The number of hydrogen-bond donors (Lipinski definition) is 1. The van der Waals surface area contributed by atoms with Crippen molar-refractivity contribution in [2.45, 2.75) is 70.5 Å². The van der Waals surface area contributed by atoms with E-state index in [1.54, 1.807) is 58.9 Å². The van der Waals surface area contributed by atoms with Crippen LogP contribution in [0.2, 0.25) is 0 Å². The van der Waals surface area contributed by atoms with E-state index in [2.05, 4.69) is 0 Å². The lowest BCUT2D eigenvalue weighted by molar-refractivity contribution is -0.159. The Bertz CT molecular complexity index is 1100. The summed E-state index contributed by atoms with van der Waals surface area (Å²) < 4.78 is 41.3. The van der Waals surface area contributed by atoms with Gasteiger partial charge < -0.3 is 19.4 Å². The third kappa shape index (κ3) is 8.67. The van der Waals surface area contributed by atoms with Crippen molar-refractivity contribution < 1.29 is 31.7 Å². The molecule has 0 bridgehead atoms. The van der Waals surface area contributed by atoms with E-state index in [0.29, 0.717) is 5.56 Å². The first-order valence-electron chi connectivity index (χ1n) is 11.5. The summed E-state index contributed by atoms with van der Waals surface area (Å²) >= 11 is 0. The number of nitrogens with two attached hydrogens (primary N) is 1. The van der Waals surface area contributed by atoms with Crippen molar-refractivity contribution in [3.05, 3.63) is 59.7 Å². The minimum absolute atomic E-state index is 0.0330. The summed E-state index contributed by atoms with van der Waals surface area (Å²) in [5.74, 6) is -2.36. The fourth-order valence-corrected chi connectivity index (χ4v) is 4.37. The minimum atomic E-state index is -4.02. The molecule has 2 unspecified atom stereocenters. The molecule has 0 aliphatic rings. The maximum Gasteiger partial charge on any atom is 0.339 e. The average molecular weight is 506 g/mol. The van der Waals surface area contributed by atoms with Crippen molar-refractivity contribution >= 4 is 22.1 Å². The number of esters is 2. The molecule has 192 valence electrons. The third-order valence-corrected chi connectivity index (χ3v) is 6.25. The van der Waals surface area contributed by atoms with Gasteiger partial charge in [0.15, 0.2) is 0 Å². The molecule has 0 aliphatic carbocycles. The maximum absolute atomic E-state index is 13.1. The lowest BCUT2D eigenvalue weighted by Gasteiger charge is -2.29. The highest BCUT2D eigenvalue weighted by atomic mass is 32.2. The lowest BCUT2D eigenvalue weighted by atomic mass is 9.83. The molecule has 2 atom stereocenters. The largest absolute Gasteiger partial charge is 0.463 e. The number of aryl methyl sites for hydroxylation is 1. The molecule has 0 saturated heterocycles.